The molecule has 1 aromatic carbocycles. The topological polar surface area (TPSA) is 82.0 Å². The molecule has 0 saturated carbocycles. The third kappa shape index (κ3) is 4.21. The van der Waals surface area contributed by atoms with Gasteiger partial charge in [0.15, 0.2) is 0 Å². The number of hydrogen-bond donors (Lipinski definition) is 2. The zero-order valence-electron chi connectivity index (χ0n) is 13.7. The fourth-order valence-corrected chi connectivity index (χ4v) is 4.12. The zero-order chi connectivity index (χ0) is 18.4. The van der Waals surface area contributed by atoms with Crippen molar-refractivity contribution in [2.45, 2.75) is 19.4 Å². The molecular formula is C16H22FN3O3S. The summed E-state index contributed by atoms with van der Waals surface area (Å²) in [4.78, 5) is 11.9. The van der Waals surface area contributed by atoms with Crippen LogP contribution in [0.25, 0.3) is 0 Å². The lowest BCUT2D eigenvalue weighted by Crippen LogP contribution is -2.53. The van der Waals surface area contributed by atoms with Gasteiger partial charge in [-0.2, -0.15) is 4.31 Å². The van der Waals surface area contributed by atoms with Gasteiger partial charge in [0.2, 0.25) is 10.1 Å². The van der Waals surface area contributed by atoms with Crippen molar-refractivity contribution in [2.75, 3.05) is 13.1 Å². The molecule has 0 radical (unpaired) electrons. The van der Waals surface area contributed by atoms with Crippen LogP contribution < -0.4 is 4.72 Å². The zero-order valence-corrected chi connectivity index (χ0v) is 14.6. The van der Waals surface area contributed by atoms with Gasteiger partial charge in [0.25, 0.3) is 0 Å². The van der Waals surface area contributed by atoms with Crippen LogP contribution in [-0.2, 0) is 15.6 Å². The number of rotatable bonds is 8. The number of amides is 1. The lowest BCUT2D eigenvalue weighted by atomic mass is 9.94. The molecule has 6 nitrogen and oxygen atoms in total. The molecule has 2 N–H and O–H groups in total. The molecule has 1 atom stereocenters. The van der Waals surface area contributed by atoms with Crippen LogP contribution in [0.5, 0.6) is 0 Å². The second-order valence-corrected chi connectivity index (χ2v) is 7.26. The second kappa shape index (κ2) is 8.07. The Hall–Kier alpha value is -2.19. The molecule has 8 heteroatoms. The molecule has 0 heterocycles. The first-order chi connectivity index (χ1) is 11.2. The van der Waals surface area contributed by atoms with Crippen LogP contribution in [-0.4, -0.2) is 32.8 Å². The van der Waals surface area contributed by atoms with Gasteiger partial charge in [-0.25, -0.2) is 22.5 Å². The summed E-state index contributed by atoms with van der Waals surface area (Å²) in [5.74, 6) is -0.594. The Kier molecular flexibility index (Phi) is 6.68. The van der Waals surface area contributed by atoms with Gasteiger partial charge in [-0.15, -0.1) is 13.2 Å². The molecule has 1 amide bonds. The van der Waals surface area contributed by atoms with Gasteiger partial charge in [-0.1, -0.05) is 30.4 Å². The highest BCUT2D eigenvalue weighted by molar-refractivity contribution is 7.90. The first-order valence-corrected chi connectivity index (χ1v) is 8.65. The Labute approximate surface area is 142 Å². The summed E-state index contributed by atoms with van der Waals surface area (Å²) in [6.07, 6.45) is 1.34. The molecule has 24 heavy (non-hydrogen) atoms. The van der Waals surface area contributed by atoms with Crippen molar-refractivity contribution in [3.8, 4) is 0 Å². The maximum Gasteiger partial charge on any atom is 0.421 e. The minimum Gasteiger partial charge on any atom is -0.464 e. The van der Waals surface area contributed by atoms with Crippen LogP contribution in [0.15, 0.2) is 53.9 Å². The minimum atomic E-state index is -3.58. The second-order valence-electron chi connectivity index (χ2n) is 5.35. The van der Waals surface area contributed by atoms with Crippen molar-refractivity contribution < 1.29 is 18.5 Å². The van der Waals surface area contributed by atoms with E-state index in [9.17, 15) is 18.5 Å². The number of carbonyl (C=O) groups is 1. The lowest BCUT2D eigenvalue weighted by molar-refractivity contribution is 0.141. The van der Waals surface area contributed by atoms with Crippen LogP contribution >= 0.6 is 0 Å². The molecular weight excluding hydrogens is 333 g/mol. The molecule has 1 unspecified atom stereocenters. The Balaban J connectivity index is 3.56. The summed E-state index contributed by atoms with van der Waals surface area (Å²) in [5.41, 5.74) is -1.35. The summed E-state index contributed by atoms with van der Waals surface area (Å²) in [6, 6.07) is 5.75. The van der Waals surface area contributed by atoms with E-state index in [4.69, 9.17) is 0 Å². The number of nitrogens with zero attached hydrogens (tertiary/aromatic N) is 2. The first-order valence-electron chi connectivity index (χ1n) is 7.18. The summed E-state index contributed by atoms with van der Waals surface area (Å²) in [6.45, 7) is 9.98. The number of halogens is 1. The van der Waals surface area contributed by atoms with Crippen LogP contribution in [0.4, 0.5) is 9.18 Å². The molecule has 0 spiro atoms. The summed E-state index contributed by atoms with van der Waals surface area (Å²) in [7, 11) is -3.58. The van der Waals surface area contributed by atoms with Gasteiger partial charge in [0.1, 0.15) is 5.82 Å². The molecule has 0 bridgehead atoms. The molecule has 132 valence electrons. The van der Waals surface area contributed by atoms with E-state index < -0.39 is 27.6 Å². The van der Waals surface area contributed by atoms with Gasteiger partial charge in [-0.3, -0.25) is 0 Å². The van der Waals surface area contributed by atoms with Gasteiger partial charge in [0, 0.05) is 12.1 Å². The van der Waals surface area contributed by atoms with Gasteiger partial charge >= 0.3 is 6.09 Å². The molecule has 1 rings (SSSR count). The number of nitrogens with one attached hydrogen (secondary N) is 1. The summed E-state index contributed by atoms with van der Waals surface area (Å²) in [5, 5.41) is 9.67. The molecule has 0 aliphatic carbocycles. The van der Waals surface area contributed by atoms with Crippen molar-refractivity contribution in [3.05, 3.63) is 61.0 Å². The molecule has 0 saturated heterocycles. The maximum atomic E-state index is 14.2. The smallest absolute Gasteiger partial charge is 0.421 e. The third-order valence-corrected chi connectivity index (χ3v) is 5.41. The van der Waals surface area contributed by atoms with Crippen molar-refractivity contribution in [2.24, 2.45) is 4.36 Å². The van der Waals surface area contributed by atoms with E-state index in [0.717, 1.165) is 0 Å². The fourth-order valence-electron chi connectivity index (χ4n) is 2.21. The van der Waals surface area contributed by atoms with E-state index >= 15 is 0 Å². The monoisotopic (exact) mass is 355 g/mol. The molecule has 0 fully saturated rings. The first kappa shape index (κ1) is 19.9. The fraction of sp³-hybridized carbons (Fsp3) is 0.312. The van der Waals surface area contributed by atoms with Crippen molar-refractivity contribution in [1.82, 2.24) is 9.03 Å². The van der Waals surface area contributed by atoms with Crippen molar-refractivity contribution >= 4 is 16.2 Å². The Morgan fingerprint density at radius 3 is 2.54 bits per heavy atom. The van der Waals surface area contributed by atoms with E-state index in [-0.39, 0.29) is 18.7 Å². The lowest BCUT2D eigenvalue weighted by Gasteiger charge is -2.38. The number of carboxylic acid groups (broad SMARTS) is 1. The Morgan fingerprint density at radius 1 is 1.42 bits per heavy atom. The maximum absolute atomic E-state index is 14.2. The van der Waals surface area contributed by atoms with E-state index in [1.165, 1.54) is 44.2 Å². The quantitative estimate of drug-likeness (QED) is 0.702. The number of hydrogen-bond acceptors (Lipinski definition) is 3. The highest BCUT2D eigenvalue weighted by Crippen LogP contribution is 2.32. The number of benzene rings is 1. The van der Waals surface area contributed by atoms with E-state index in [1.54, 1.807) is 6.07 Å². The Bertz CT molecular complexity index is 740. The summed E-state index contributed by atoms with van der Waals surface area (Å²) >= 11 is 0. The predicted octanol–water partition coefficient (Wildman–Crippen LogP) is 3.30. The average molecular weight is 355 g/mol. The van der Waals surface area contributed by atoms with Crippen molar-refractivity contribution in [1.29, 1.82) is 0 Å². The standard InChI is InChI=1S/C16H22FN3O3S/c1-5-11-18-24(23,19-12-6-2)20(15(21)22)16(3,4)13-9-7-8-10-14(13)17/h5-10H,1-2,11-12H2,3-4H3,(H,21,22)(H,18,19,23). The van der Waals surface area contributed by atoms with Gasteiger partial charge in [0.05, 0.1) is 12.1 Å². The van der Waals surface area contributed by atoms with E-state index in [2.05, 4.69) is 22.2 Å². The van der Waals surface area contributed by atoms with Crippen LogP contribution in [0.3, 0.4) is 0 Å². The molecule has 0 aromatic heterocycles. The van der Waals surface area contributed by atoms with E-state index in [1.807, 2.05) is 0 Å². The van der Waals surface area contributed by atoms with Crippen LogP contribution in [0.1, 0.15) is 19.4 Å². The normalized spacial score (nSPS) is 13.6. The van der Waals surface area contributed by atoms with Crippen molar-refractivity contribution in [3.63, 3.8) is 0 Å². The van der Waals surface area contributed by atoms with Crippen LogP contribution in [0, 0.1) is 5.82 Å². The molecule has 1 aromatic rings. The van der Waals surface area contributed by atoms with Gasteiger partial charge < -0.3 is 5.11 Å². The van der Waals surface area contributed by atoms with Crippen LogP contribution in [0.2, 0.25) is 0 Å². The molecule has 0 aliphatic heterocycles. The minimum absolute atomic E-state index is 0.0277. The third-order valence-electron chi connectivity index (χ3n) is 3.26. The highest BCUT2D eigenvalue weighted by atomic mass is 32.2. The highest BCUT2D eigenvalue weighted by Gasteiger charge is 2.41. The predicted molar refractivity (Wildman–Crippen MR) is 93.1 cm³/mol. The summed E-state index contributed by atoms with van der Waals surface area (Å²) < 4.78 is 34.6. The Morgan fingerprint density at radius 2 is 2.04 bits per heavy atom. The molecule has 0 aliphatic rings. The largest absolute Gasteiger partial charge is 0.464 e. The SMILES string of the molecule is C=CCN=S(=O)(NCC=C)N(C(=O)O)C(C)(C)c1ccccc1F. The average Bonchev–Trinajstić information content (AvgIpc) is 2.50. The van der Waals surface area contributed by atoms with Gasteiger partial charge in [-0.05, 0) is 19.9 Å². The van der Waals surface area contributed by atoms with E-state index in [0.29, 0.717) is 4.31 Å².